The Labute approximate surface area is 62.2 Å². The van der Waals surface area contributed by atoms with Crippen molar-refractivity contribution in [3.63, 3.8) is 0 Å². The molecule has 60 valence electrons. The second-order valence-corrected chi connectivity index (χ2v) is 2.66. The molecule has 4 N–H and O–H groups in total. The maximum Gasteiger partial charge on any atom is 0.256 e. The first-order chi connectivity index (χ1) is 5.09. The first-order valence-electron chi connectivity index (χ1n) is 2.61. The Balaban J connectivity index is 3.85. The highest BCUT2D eigenvalue weighted by Gasteiger charge is 1.88. The van der Waals surface area contributed by atoms with Crippen molar-refractivity contribution in [1.29, 1.82) is 0 Å². The molecule has 0 saturated carbocycles. The van der Waals surface area contributed by atoms with E-state index in [0.717, 1.165) is 6.07 Å². The Morgan fingerprint density at radius 1 is 1.36 bits per heavy atom. The van der Waals surface area contributed by atoms with Gasteiger partial charge in [-0.05, 0) is 0 Å². The normalized spacial score (nSPS) is 9.45. The summed E-state index contributed by atoms with van der Waals surface area (Å²) in [5.41, 5.74) is 4.59. The molecular formula is C4H5N3O3S. The largest absolute Gasteiger partial charge is 0.385 e. The molecule has 1 rings (SSSR count). The Morgan fingerprint density at radius 3 is 2.45 bits per heavy atom. The molecule has 0 radical (unpaired) electrons. The number of H-pyrrole nitrogens is 2. The number of aromatic nitrogens is 2. The molecule has 11 heavy (non-hydrogen) atoms. The third kappa shape index (κ3) is 1.71. The van der Waals surface area contributed by atoms with Crippen LogP contribution in [0.25, 0.3) is 0 Å². The third-order valence-corrected chi connectivity index (χ3v) is 1.49. The Kier molecular flexibility index (Phi) is 1.81. The van der Waals surface area contributed by atoms with Gasteiger partial charge in [-0.15, -0.1) is 0 Å². The van der Waals surface area contributed by atoms with Crippen LogP contribution in [-0.2, 0) is 10.3 Å². The monoisotopic (exact) mass is 175 g/mol. The second kappa shape index (κ2) is 2.62. The van der Waals surface area contributed by atoms with E-state index in [1.165, 1.54) is 0 Å². The average molecular weight is 175 g/mol. The second-order valence-electron chi connectivity index (χ2n) is 1.78. The molecule has 1 aromatic heterocycles. The van der Waals surface area contributed by atoms with Crippen LogP contribution in [0, 0.1) is 4.77 Å². The SMILES string of the molecule is Nc1cc(=O)[nH]c(=S(=O)=O)[nH]1. The number of aromatic amines is 2. The number of nitrogens with two attached hydrogens (primary N) is 1. The van der Waals surface area contributed by atoms with Crippen LogP contribution in [0.5, 0.6) is 0 Å². The summed E-state index contributed by atoms with van der Waals surface area (Å²) in [6, 6.07) is 1.05. The van der Waals surface area contributed by atoms with E-state index >= 15 is 0 Å². The van der Waals surface area contributed by atoms with Crippen molar-refractivity contribution in [3.05, 3.63) is 21.2 Å². The minimum absolute atomic E-state index is 0.00736. The Hall–Kier alpha value is -1.50. The molecular weight excluding hydrogens is 170 g/mol. The molecule has 0 unspecified atom stereocenters. The van der Waals surface area contributed by atoms with Gasteiger partial charge in [0.1, 0.15) is 5.82 Å². The van der Waals surface area contributed by atoms with Gasteiger partial charge in [-0.3, -0.25) is 9.78 Å². The number of hydrogen-bond donors (Lipinski definition) is 3. The molecule has 0 atom stereocenters. The maximum atomic E-state index is 10.6. The summed E-state index contributed by atoms with van der Waals surface area (Å²) in [4.78, 5) is 14.9. The summed E-state index contributed by atoms with van der Waals surface area (Å²) in [7, 11) is -2.49. The van der Waals surface area contributed by atoms with Gasteiger partial charge < -0.3 is 10.7 Å². The van der Waals surface area contributed by atoms with Gasteiger partial charge in [-0.25, -0.2) is 0 Å². The van der Waals surface area contributed by atoms with Crippen molar-refractivity contribution in [2.75, 3.05) is 5.73 Å². The van der Waals surface area contributed by atoms with Crippen LogP contribution in [0.2, 0.25) is 0 Å². The summed E-state index contributed by atoms with van der Waals surface area (Å²) in [6.45, 7) is 0. The fourth-order valence-corrected chi connectivity index (χ4v) is 0.956. The summed E-state index contributed by atoms with van der Waals surface area (Å²) in [5, 5.41) is 0. The smallest absolute Gasteiger partial charge is 0.256 e. The molecule has 1 aromatic rings. The van der Waals surface area contributed by atoms with E-state index in [1.54, 1.807) is 0 Å². The van der Waals surface area contributed by atoms with E-state index in [1.807, 2.05) is 4.98 Å². The molecule has 0 spiro atoms. The first-order valence-corrected chi connectivity index (χ1v) is 3.68. The molecule has 0 aromatic carbocycles. The Bertz CT molecular complexity index is 472. The summed E-state index contributed by atoms with van der Waals surface area (Å²) in [5.74, 6) is 0.00736. The first kappa shape index (κ1) is 7.61. The van der Waals surface area contributed by atoms with Crippen LogP contribution in [0.15, 0.2) is 10.9 Å². The van der Waals surface area contributed by atoms with E-state index < -0.39 is 15.9 Å². The van der Waals surface area contributed by atoms with Gasteiger partial charge in [0.25, 0.3) is 15.9 Å². The van der Waals surface area contributed by atoms with Crippen LogP contribution in [0.3, 0.4) is 0 Å². The van der Waals surface area contributed by atoms with E-state index in [-0.39, 0.29) is 10.6 Å². The lowest BCUT2D eigenvalue weighted by Crippen LogP contribution is -2.08. The van der Waals surface area contributed by atoms with Crippen LogP contribution < -0.4 is 11.3 Å². The van der Waals surface area contributed by atoms with Crippen LogP contribution in [0.1, 0.15) is 0 Å². The molecule has 1 heterocycles. The topological polar surface area (TPSA) is 109 Å². The maximum absolute atomic E-state index is 10.6. The highest BCUT2D eigenvalue weighted by Crippen LogP contribution is 1.83. The van der Waals surface area contributed by atoms with Gasteiger partial charge in [0.2, 0.25) is 4.77 Å². The van der Waals surface area contributed by atoms with E-state index in [9.17, 15) is 13.2 Å². The summed E-state index contributed by atoms with van der Waals surface area (Å²) in [6.07, 6.45) is 0. The molecule has 0 amide bonds. The number of rotatable bonds is 0. The van der Waals surface area contributed by atoms with Crippen LogP contribution in [-0.4, -0.2) is 18.4 Å². The van der Waals surface area contributed by atoms with E-state index in [0.29, 0.717) is 0 Å². The van der Waals surface area contributed by atoms with Gasteiger partial charge in [0.05, 0.1) is 0 Å². The van der Waals surface area contributed by atoms with E-state index in [4.69, 9.17) is 5.73 Å². The standard InChI is InChI=1S/C4H5N3O3S/c5-2-1-3(8)7-4(6-2)11(9)10/h1,6H,5H2,(H,7,8). The number of nitrogen functional groups attached to an aromatic ring is 1. The third-order valence-electron chi connectivity index (χ3n) is 0.948. The van der Waals surface area contributed by atoms with Crippen molar-refractivity contribution in [2.24, 2.45) is 0 Å². The number of nitrogens with one attached hydrogen (secondary N) is 2. The molecule has 6 nitrogen and oxygen atoms in total. The van der Waals surface area contributed by atoms with Crippen LogP contribution in [0.4, 0.5) is 5.82 Å². The minimum atomic E-state index is -2.49. The summed E-state index contributed by atoms with van der Waals surface area (Å²) < 4.78 is 20.2. The molecule has 0 fully saturated rings. The number of anilines is 1. The highest BCUT2D eigenvalue weighted by atomic mass is 32.2. The predicted molar refractivity (Wildman–Crippen MR) is 38.0 cm³/mol. The van der Waals surface area contributed by atoms with Crippen molar-refractivity contribution in [1.82, 2.24) is 9.97 Å². The van der Waals surface area contributed by atoms with Gasteiger partial charge in [0, 0.05) is 6.07 Å². The Morgan fingerprint density at radius 2 is 2.00 bits per heavy atom. The molecule has 0 aliphatic carbocycles. The molecule has 7 heteroatoms. The van der Waals surface area contributed by atoms with Gasteiger partial charge >= 0.3 is 0 Å². The zero-order valence-electron chi connectivity index (χ0n) is 5.29. The molecule has 0 saturated heterocycles. The average Bonchev–Trinajstić information content (AvgIpc) is 1.85. The van der Waals surface area contributed by atoms with Gasteiger partial charge in [-0.1, -0.05) is 0 Å². The molecule has 0 bridgehead atoms. The zero-order chi connectivity index (χ0) is 8.43. The van der Waals surface area contributed by atoms with Crippen molar-refractivity contribution in [3.8, 4) is 0 Å². The van der Waals surface area contributed by atoms with Crippen LogP contribution >= 0.6 is 0 Å². The number of hydrogen-bond acceptors (Lipinski definition) is 4. The molecule has 0 aliphatic rings. The fraction of sp³-hybridized carbons (Fsp3) is 0. The van der Waals surface area contributed by atoms with E-state index in [2.05, 4.69) is 4.98 Å². The van der Waals surface area contributed by atoms with Gasteiger partial charge in [0.15, 0.2) is 0 Å². The quantitative estimate of drug-likeness (QED) is 0.425. The zero-order valence-corrected chi connectivity index (χ0v) is 6.10. The lowest BCUT2D eigenvalue weighted by atomic mass is 10.6. The minimum Gasteiger partial charge on any atom is -0.385 e. The van der Waals surface area contributed by atoms with Gasteiger partial charge in [-0.2, -0.15) is 8.42 Å². The van der Waals surface area contributed by atoms with Crippen molar-refractivity contribution < 1.29 is 8.42 Å². The van der Waals surface area contributed by atoms with Crippen molar-refractivity contribution >= 4 is 16.1 Å². The van der Waals surface area contributed by atoms with Crippen molar-refractivity contribution in [2.45, 2.75) is 0 Å². The highest BCUT2D eigenvalue weighted by molar-refractivity contribution is 7.63. The lowest BCUT2D eigenvalue weighted by molar-refractivity contribution is 0.623. The molecule has 0 aliphatic heterocycles. The predicted octanol–water partition coefficient (Wildman–Crippen LogP) is -1.30. The lowest BCUT2D eigenvalue weighted by Gasteiger charge is -1.87. The fourth-order valence-electron chi connectivity index (χ4n) is 0.571. The summed E-state index contributed by atoms with van der Waals surface area (Å²) >= 11 is 0.